The number of rotatable bonds is 9. The molecule has 2 atom stereocenters. The number of nitrogens with zero attached hydrogens (tertiary/aromatic N) is 2. The lowest BCUT2D eigenvalue weighted by Crippen LogP contribution is -2.54. The molecule has 556 valence electrons. The summed E-state index contributed by atoms with van der Waals surface area (Å²) in [6.07, 6.45) is 7.16. The van der Waals surface area contributed by atoms with Crippen LogP contribution in [0.4, 0.5) is 0 Å². The Bertz CT molecular complexity index is 1310. The summed E-state index contributed by atoms with van der Waals surface area (Å²) in [5.74, 6) is 2.90. The van der Waals surface area contributed by atoms with Crippen LogP contribution in [0.5, 0.6) is 0 Å². The van der Waals surface area contributed by atoms with Gasteiger partial charge in [-0.2, -0.15) is 0 Å². The first-order valence-electron chi connectivity index (χ1n) is 28.7. The van der Waals surface area contributed by atoms with Crippen LogP contribution in [0.2, 0.25) is 0 Å². The van der Waals surface area contributed by atoms with Gasteiger partial charge in [0.25, 0.3) is 0 Å². The average molecular weight is 1320 g/mol. The van der Waals surface area contributed by atoms with E-state index in [1.807, 2.05) is 116 Å². The monoisotopic (exact) mass is 1320 g/mol. The first-order chi connectivity index (χ1) is 42.1. The van der Waals surface area contributed by atoms with Crippen molar-refractivity contribution in [2.45, 2.75) is 195 Å². The summed E-state index contributed by atoms with van der Waals surface area (Å²) in [7, 11) is 10.6. The van der Waals surface area contributed by atoms with E-state index in [-0.39, 0.29) is 42.3 Å². The number of benzene rings is 2. The van der Waals surface area contributed by atoms with Gasteiger partial charge in [0.15, 0.2) is 0 Å². The summed E-state index contributed by atoms with van der Waals surface area (Å²) in [6.45, 7) is 58.5. The molecule has 2 aromatic rings. The molecule has 23 N–H and O–H groups in total. The molecular weight excluding hydrogens is 1170 g/mol. The lowest BCUT2D eigenvalue weighted by molar-refractivity contribution is -0.140. The highest BCUT2D eigenvalue weighted by atomic mass is 16.3. The molecule has 0 bridgehead atoms. The molecule has 0 aliphatic carbocycles. The van der Waals surface area contributed by atoms with Crippen LogP contribution in [0.1, 0.15) is 175 Å². The van der Waals surface area contributed by atoms with Gasteiger partial charge in [-0.15, -0.1) is 0 Å². The van der Waals surface area contributed by atoms with Crippen molar-refractivity contribution in [1.82, 2.24) is 33.6 Å². The molecular formula is C66H154N12O13. The summed E-state index contributed by atoms with van der Waals surface area (Å²) in [5.41, 5.74) is 29.4. The van der Waals surface area contributed by atoms with Crippen LogP contribution < -0.4 is 58.2 Å². The highest BCUT2D eigenvalue weighted by molar-refractivity contribution is 5.91. The molecule has 0 spiro atoms. The second-order valence-electron chi connectivity index (χ2n) is 17.0. The fourth-order valence-electron chi connectivity index (χ4n) is 3.94. The molecule has 3 amide bonds. The number of nitrogens with one attached hydrogen (secondary N) is 1. The number of hydrogen-bond donors (Lipinski definition) is 11. The second-order valence-corrected chi connectivity index (χ2v) is 17.0. The van der Waals surface area contributed by atoms with Gasteiger partial charge in [0.1, 0.15) is 73.2 Å². The molecule has 1 fully saturated rings. The largest absolute Gasteiger partial charge is 0.394 e. The second kappa shape index (κ2) is 185. The van der Waals surface area contributed by atoms with Gasteiger partial charge < -0.3 is 116 Å². The van der Waals surface area contributed by atoms with Gasteiger partial charge in [-0.25, -0.2) is 0 Å². The number of aryl methyl sites for hydroxylation is 1. The molecule has 0 radical (unpaired) electrons. The molecule has 25 heteroatoms. The predicted molar refractivity (Wildman–Crippen MR) is 396 cm³/mol. The van der Waals surface area contributed by atoms with Crippen molar-refractivity contribution in [1.29, 1.82) is 0 Å². The van der Waals surface area contributed by atoms with Crippen molar-refractivity contribution in [3.8, 4) is 0 Å². The SMILES string of the molecule is C=O.C=O.C=O.C=O.C=O.C=O.C=O.C=O.C=O.CC.CC(=O)N(C)[C@@H](Cc1ccccc1)C(=O)N[C@@H](C)C(=O)N1CCCCC1.CC(C)C.CC(C)C.CC(C)O.CCC(C)C.CCC(C)C.CCc1ccccc1.CN.CN.CN.CN.CN.CN.N.N.N. The molecule has 3 rings (SSSR count). The Labute approximate surface area is 560 Å². The van der Waals surface area contributed by atoms with Crippen LogP contribution in [0.15, 0.2) is 60.7 Å². The third kappa shape index (κ3) is 209. The zero-order chi connectivity index (χ0) is 76.2. The Morgan fingerprint density at radius 2 is 0.681 bits per heavy atom. The first kappa shape index (κ1) is 156. The zero-order valence-electron chi connectivity index (χ0n) is 63.4. The standard InChI is InChI=1S/C20H29N3O3.C8H10.2C5H12.2C4H10.C3H8O.C2H6.6CH5N.9CH2O.3H3N/c1-15(20(26)23-12-8-5-9-13-23)21-19(25)18(22(3)16(2)24)14-17-10-6-4-7-11-17;1-2-8-6-4-3-5-7-8;2*1-4-5(2)3;2*1-4(2)3;1-3(2)4;16*1-2;;;/h4,6-7,10-11,15,18H,5,8-9,12-14H2,1-3H3,(H,21,25);3-7H,2H2,1H3;2*5H,4H2,1-3H3;2*4H,1-3H3;3-4H,1-2H3;1-2H3;6*2H2,1H3;9*1H2;3*1H3/t15-,18-;;;;;;;;;;;;;;;;;;;;;;;;;/m0........................./s1. The van der Waals surface area contributed by atoms with E-state index in [0.29, 0.717) is 6.42 Å². The Morgan fingerprint density at radius 3 is 0.857 bits per heavy atom. The number of nitrogens with two attached hydrogens (primary N) is 6. The topological polar surface area (TPSA) is 505 Å². The number of likely N-dealkylation sites (tertiary alicyclic amines) is 1. The van der Waals surface area contributed by atoms with E-state index in [2.05, 4.69) is 154 Å². The van der Waals surface area contributed by atoms with Crippen LogP contribution in [0.25, 0.3) is 0 Å². The Balaban J connectivity index is -0.0000000288. The summed E-state index contributed by atoms with van der Waals surface area (Å²) >= 11 is 0. The van der Waals surface area contributed by atoms with Crippen LogP contribution in [-0.4, -0.2) is 174 Å². The summed E-state index contributed by atoms with van der Waals surface area (Å²) in [5, 5.41) is 10.9. The maximum absolute atomic E-state index is 12.8. The highest BCUT2D eigenvalue weighted by Gasteiger charge is 2.29. The first-order valence-corrected chi connectivity index (χ1v) is 28.7. The van der Waals surface area contributed by atoms with Crippen molar-refractivity contribution in [3.63, 3.8) is 0 Å². The van der Waals surface area contributed by atoms with Crippen molar-refractivity contribution in [2.75, 3.05) is 62.4 Å². The van der Waals surface area contributed by atoms with Crippen molar-refractivity contribution >= 4 is 78.8 Å². The van der Waals surface area contributed by atoms with Gasteiger partial charge in [0.2, 0.25) is 17.7 Å². The minimum Gasteiger partial charge on any atom is -0.394 e. The Morgan fingerprint density at radius 1 is 0.473 bits per heavy atom. The summed E-state index contributed by atoms with van der Waals surface area (Å²) < 4.78 is 0. The molecule has 0 aromatic heterocycles. The minimum absolute atomic E-state index is 0. The van der Waals surface area contributed by atoms with Crippen molar-refractivity contribution in [3.05, 3.63) is 71.8 Å². The summed E-state index contributed by atoms with van der Waals surface area (Å²) in [6, 6.07) is 18.8. The molecule has 1 aliphatic rings. The third-order valence-electron chi connectivity index (χ3n) is 7.82. The molecule has 0 saturated carbocycles. The number of likely N-dealkylation sites (N-methyl/N-ethyl adjacent to an activating group) is 1. The molecule has 0 unspecified atom stereocenters. The van der Waals surface area contributed by atoms with Gasteiger partial charge in [-0.3, -0.25) is 14.4 Å². The Kier molecular flexibility index (Phi) is 316. The quantitative estimate of drug-likeness (QED) is 0.111. The normalized spacial score (nSPS) is 8.62. The van der Waals surface area contributed by atoms with E-state index < -0.39 is 12.1 Å². The fraction of sp³-hybridized carbons (Fsp3) is 0.636. The predicted octanol–water partition coefficient (Wildman–Crippen LogP) is 8.96. The molecule has 1 saturated heterocycles. The average Bonchev–Trinajstić information content (AvgIpc) is 3.59. The fourth-order valence-corrected chi connectivity index (χ4v) is 3.94. The van der Waals surface area contributed by atoms with Crippen LogP contribution in [0.3, 0.4) is 0 Å². The van der Waals surface area contributed by atoms with E-state index in [1.54, 1.807) is 27.8 Å². The smallest absolute Gasteiger partial charge is 0.244 e. The number of hydrogen-bond acceptors (Lipinski definition) is 22. The number of piperidine rings is 1. The number of amides is 3. The van der Waals surface area contributed by atoms with Gasteiger partial charge in [-0.05, 0) is 124 Å². The molecule has 2 aromatic carbocycles. The number of carbonyl (C=O) groups excluding carboxylic acids is 12. The Hall–Kier alpha value is -6.52. The highest BCUT2D eigenvalue weighted by Crippen LogP contribution is 2.12. The van der Waals surface area contributed by atoms with Crippen LogP contribution >= 0.6 is 0 Å². The van der Waals surface area contributed by atoms with Crippen LogP contribution in [0, 0.1) is 23.7 Å². The minimum atomic E-state index is -0.647. The molecule has 1 aliphatic heterocycles. The van der Waals surface area contributed by atoms with Crippen molar-refractivity contribution < 1.29 is 62.6 Å². The van der Waals surface area contributed by atoms with Gasteiger partial charge in [0, 0.05) is 39.6 Å². The molecule has 25 nitrogen and oxygen atoms in total. The summed E-state index contributed by atoms with van der Waals surface area (Å²) in [4.78, 5) is 112. The third-order valence-corrected chi connectivity index (χ3v) is 7.82. The lowest BCUT2D eigenvalue weighted by Gasteiger charge is -2.31. The maximum Gasteiger partial charge on any atom is 0.244 e. The zero-order valence-corrected chi connectivity index (χ0v) is 63.4. The van der Waals surface area contributed by atoms with E-state index >= 15 is 0 Å². The van der Waals surface area contributed by atoms with E-state index in [4.69, 9.17) is 48.3 Å². The maximum atomic E-state index is 12.8. The number of carbonyl (C=O) groups is 12. The van der Waals surface area contributed by atoms with Crippen LogP contribution in [-0.2, 0) is 70.4 Å². The van der Waals surface area contributed by atoms with Gasteiger partial charge >= 0.3 is 0 Å². The molecule has 91 heavy (non-hydrogen) atoms. The van der Waals surface area contributed by atoms with E-state index in [9.17, 15) is 14.4 Å². The number of aliphatic hydroxyl groups is 1. The molecule has 1 heterocycles. The van der Waals surface area contributed by atoms with Crippen molar-refractivity contribution in [2.24, 2.45) is 58.1 Å². The van der Waals surface area contributed by atoms with E-state index in [0.717, 1.165) is 68.0 Å². The van der Waals surface area contributed by atoms with E-state index in [1.165, 1.54) is 72.5 Å². The lowest BCUT2D eigenvalue weighted by atomic mass is 10.0. The van der Waals surface area contributed by atoms with Gasteiger partial charge in [-0.1, -0.05) is 177 Å². The van der Waals surface area contributed by atoms with Gasteiger partial charge in [0.05, 0.1) is 0 Å². The number of aliphatic hydroxyl groups excluding tert-OH is 1.